The number of fused-ring (bicyclic) bond motifs is 1. The molecule has 0 saturated heterocycles. The van der Waals surface area contributed by atoms with Gasteiger partial charge in [-0.05, 0) is 62.6 Å². The molecule has 0 saturated carbocycles. The lowest BCUT2D eigenvalue weighted by Gasteiger charge is -2.24. The Morgan fingerprint density at radius 3 is 2.51 bits per heavy atom. The summed E-state index contributed by atoms with van der Waals surface area (Å²) < 4.78 is 5.15. The van der Waals surface area contributed by atoms with Crippen LogP contribution in [0.2, 0.25) is 5.02 Å². The summed E-state index contributed by atoms with van der Waals surface area (Å²) in [6, 6.07) is 14.4. The van der Waals surface area contributed by atoms with Crippen molar-refractivity contribution in [2.75, 3.05) is 7.05 Å². The maximum Gasteiger partial charge on any atom is 0.303 e. The molecule has 1 atom stereocenters. The molecule has 0 aliphatic heterocycles. The van der Waals surface area contributed by atoms with Crippen molar-refractivity contribution < 1.29 is 19.1 Å². The summed E-state index contributed by atoms with van der Waals surface area (Å²) in [7, 11) is 1.76. The van der Waals surface area contributed by atoms with Crippen molar-refractivity contribution in [2.45, 2.75) is 38.6 Å². The van der Waals surface area contributed by atoms with Crippen LogP contribution in [0, 0.1) is 0 Å². The second-order valence-electron chi connectivity index (χ2n) is 8.48. The minimum atomic E-state index is -0.815. The van der Waals surface area contributed by atoms with E-state index >= 15 is 0 Å². The number of carboxylic acid groups (broad SMARTS) is 1. The van der Waals surface area contributed by atoms with Crippen LogP contribution in [0.1, 0.15) is 53.8 Å². The summed E-state index contributed by atoms with van der Waals surface area (Å²) in [4.78, 5) is 35.5. The molecular weight excluding hydrogens is 466 g/mol. The van der Waals surface area contributed by atoms with E-state index in [9.17, 15) is 9.59 Å². The van der Waals surface area contributed by atoms with E-state index in [4.69, 9.17) is 31.1 Å². The monoisotopic (exact) mass is 491 g/mol. The third kappa shape index (κ3) is 5.69. The van der Waals surface area contributed by atoms with E-state index in [1.165, 1.54) is 0 Å². The van der Waals surface area contributed by atoms with Gasteiger partial charge in [-0.15, -0.1) is 0 Å². The van der Waals surface area contributed by atoms with E-state index in [0.717, 1.165) is 22.5 Å². The SMILES string of the molecule is CC(c1ccoc1)N(C)C(=O)c1ccc2nc(-c3ccc(Cl)cc3)c(CCCCC(=O)O)nc2c1. The number of rotatable bonds is 9. The number of hydrogen-bond donors (Lipinski definition) is 1. The molecule has 7 nitrogen and oxygen atoms in total. The Balaban J connectivity index is 1.67. The predicted molar refractivity (Wildman–Crippen MR) is 134 cm³/mol. The Bertz CT molecular complexity index is 1340. The number of unbranched alkanes of at least 4 members (excludes halogenated alkanes) is 1. The normalized spacial score (nSPS) is 12.0. The van der Waals surface area contributed by atoms with E-state index in [2.05, 4.69) is 0 Å². The van der Waals surface area contributed by atoms with E-state index in [-0.39, 0.29) is 18.4 Å². The molecule has 0 radical (unpaired) electrons. The Labute approximate surface area is 208 Å². The first-order valence-electron chi connectivity index (χ1n) is 11.4. The van der Waals surface area contributed by atoms with Gasteiger partial charge in [-0.2, -0.15) is 0 Å². The van der Waals surface area contributed by atoms with Gasteiger partial charge in [0.1, 0.15) is 0 Å². The molecule has 0 aliphatic rings. The predicted octanol–water partition coefficient (Wildman–Crippen LogP) is 6.17. The van der Waals surface area contributed by atoms with Crippen LogP contribution in [-0.4, -0.2) is 38.9 Å². The lowest BCUT2D eigenvalue weighted by molar-refractivity contribution is -0.137. The number of nitrogens with zero attached hydrogens (tertiary/aromatic N) is 3. The van der Waals surface area contributed by atoms with E-state index in [0.29, 0.717) is 40.9 Å². The maximum atomic E-state index is 13.2. The van der Waals surface area contributed by atoms with Crippen molar-refractivity contribution in [1.82, 2.24) is 14.9 Å². The summed E-state index contributed by atoms with van der Waals surface area (Å²) >= 11 is 6.06. The smallest absolute Gasteiger partial charge is 0.303 e. The minimum absolute atomic E-state index is 0.108. The van der Waals surface area contributed by atoms with Gasteiger partial charge in [0.05, 0.1) is 41.0 Å². The molecule has 0 fully saturated rings. The molecule has 35 heavy (non-hydrogen) atoms. The summed E-state index contributed by atoms with van der Waals surface area (Å²) in [6.07, 6.45) is 5.11. The first-order chi connectivity index (χ1) is 16.8. The van der Waals surface area contributed by atoms with Crippen LogP contribution < -0.4 is 0 Å². The number of furan rings is 1. The third-order valence-corrected chi connectivity index (χ3v) is 6.33. The van der Waals surface area contributed by atoms with Gasteiger partial charge in [-0.1, -0.05) is 23.7 Å². The second-order valence-corrected chi connectivity index (χ2v) is 8.92. The molecule has 2 aromatic carbocycles. The van der Waals surface area contributed by atoms with Gasteiger partial charge in [0.25, 0.3) is 5.91 Å². The fraction of sp³-hybridized carbons (Fsp3) is 0.259. The van der Waals surface area contributed by atoms with Gasteiger partial charge < -0.3 is 14.4 Å². The molecule has 4 rings (SSSR count). The number of hydrogen-bond acceptors (Lipinski definition) is 5. The molecule has 1 N–H and O–H groups in total. The molecule has 180 valence electrons. The van der Waals surface area contributed by atoms with Gasteiger partial charge in [0.15, 0.2) is 0 Å². The zero-order chi connectivity index (χ0) is 24.9. The molecular formula is C27H26ClN3O4. The fourth-order valence-electron chi connectivity index (χ4n) is 3.92. The minimum Gasteiger partial charge on any atom is -0.481 e. The van der Waals surface area contributed by atoms with Gasteiger partial charge in [-0.3, -0.25) is 9.59 Å². The number of aromatic nitrogens is 2. The van der Waals surface area contributed by atoms with Gasteiger partial charge in [0.2, 0.25) is 0 Å². The molecule has 1 amide bonds. The van der Waals surface area contributed by atoms with Crippen LogP contribution >= 0.6 is 11.6 Å². The second kappa shape index (κ2) is 10.7. The maximum absolute atomic E-state index is 13.2. The molecule has 8 heteroatoms. The summed E-state index contributed by atoms with van der Waals surface area (Å²) in [5.74, 6) is -0.948. The Morgan fingerprint density at radius 1 is 1.06 bits per heavy atom. The van der Waals surface area contributed by atoms with E-state index in [1.54, 1.807) is 54.8 Å². The number of benzene rings is 2. The molecule has 4 aromatic rings. The molecule has 0 bridgehead atoms. The van der Waals surface area contributed by atoms with Crippen LogP contribution in [0.3, 0.4) is 0 Å². The molecule has 0 aliphatic carbocycles. The number of carbonyl (C=O) groups excluding carboxylic acids is 1. The van der Waals surface area contributed by atoms with Crippen molar-refractivity contribution in [3.63, 3.8) is 0 Å². The number of carbonyl (C=O) groups is 2. The van der Waals surface area contributed by atoms with Crippen molar-refractivity contribution in [3.05, 3.63) is 82.9 Å². The Morgan fingerprint density at radius 2 is 1.83 bits per heavy atom. The van der Waals surface area contributed by atoms with Crippen molar-refractivity contribution in [2.24, 2.45) is 0 Å². The highest BCUT2D eigenvalue weighted by Gasteiger charge is 2.21. The first kappa shape index (κ1) is 24.4. The van der Waals surface area contributed by atoms with Crippen molar-refractivity contribution in [3.8, 4) is 11.3 Å². The van der Waals surface area contributed by atoms with E-state index in [1.807, 2.05) is 25.1 Å². The summed E-state index contributed by atoms with van der Waals surface area (Å²) in [6.45, 7) is 1.94. The number of aliphatic carboxylic acids is 1. The van der Waals surface area contributed by atoms with E-state index < -0.39 is 5.97 Å². The molecule has 0 spiro atoms. The topological polar surface area (TPSA) is 96.5 Å². The van der Waals surface area contributed by atoms with Crippen LogP contribution in [0.25, 0.3) is 22.3 Å². The fourth-order valence-corrected chi connectivity index (χ4v) is 4.05. The van der Waals surface area contributed by atoms with Crippen LogP contribution in [0.15, 0.2) is 65.5 Å². The number of amides is 1. The Kier molecular flexibility index (Phi) is 7.46. The lowest BCUT2D eigenvalue weighted by Crippen LogP contribution is -2.29. The lowest BCUT2D eigenvalue weighted by atomic mass is 10.0. The highest BCUT2D eigenvalue weighted by atomic mass is 35.5. The van der Waals surface area contributed by atoms with Crippen LogP contribution in [-0.2, 0) is 11.2 Å². The molecule has 2 aromatic heterocycles. The first-order valence-corrected chi connectivity index (χ1v) is 11.8. The standard InChI is InChI=1S/C27H26ClN3O4/c1-17(20-13-14-35-16-20)31(2)27(34)19-9-12-22-24(15-19)29-23(5-3-4-6-25(32)33)26(30-22)18-7-10-21(28)11-8-18/h7-17H,3-6H2,1-2H3,(H,32,33). The van der Waals surface area contributed by atoms with Gasteiger partial charge in [0, 0.05) is 35.2 Å². The number of carboxylic acids is 1. The zero-order valence-corrected chi connectivity index (χ0v) is 20.3. The Hall–Kier alpha value is -3.71. The zero-order valence-electron chi connectivity index (χ0n) is 19.6. The molecule has 1 unspecified atom stereocenters. The quantitative estimate of drug-likeness (QED) is 0.281. The number of aryl methyl sites for hydroxylation is 1. The van der Waals surface area contributed by atoms with Crippen molar-refractivity contribution >= 4 is 34.5 Å². The van der Waals surface area contributed by atoms with Crippen LogP contribution in [0.5, 0.6) is 0 Å². The van der Waals surface area contributed by atoms with Crippen molar-refractivity contribution in [1.29, 1.82) is 0 Å². The highest BCUT2D eigenvalue weighted by molar-refractivity contribution is 6.30. The largest absolute Gasteiger partial charge is 0.481 e. The summed E-state index contributed by atoms with van der Waals surface area (Å²) in [5, 5.41) is 9.58. The van der Waals surface area contributed by atoms with Gasteiger partial charge in [-0.25, -0.2) is 9.97 Å². The average Bonchev–Trinajstić information content (AvgIpc) is 3.40. The third-order valence-electron chi connectivity index (χ3n) is 6.08. The number of halogens is 1. The highest BCUT2D eigenvalue weighted by Crippen LogP contribution is 2.27. The molecule has 2 heterocycles. The van der Waals surface area contributed by atoms with Crippen LogP contribution in [0.4, 0.5) is 0 Å². The average molecular weight is 492 g/mol. The van der Waals surface area contributed by atoms with Gasteiger partial charge >= 0.3 is 5.97 Å². The summed E-state index contributed by atoms with van der Waals surface area (Å²) in [5.41, 5.74) is 5.09.